The molecule has 1 heterocycles. The van der Waals surface area contributed by atoms with Gasteiger partial charge in [-0.15, -0.1) is 11.6 Å². The summed E-state index contributed by atoms with van der Waals surface area (Å²) in [5, 5.41) is 3.60. The third-order valence-corrected chi connectivity index (χ3v) is 3.92. The maximum atomic E-state index is 6.05. The Balaban J connectivity index is 1.75. The molecule has 0 amide bonds. The topological polar surface area (TPSA) is 21.3 Å². The normalized spacial score (nSPS) is 18.7. The SMILES string of the molecule is ClCC(Cc1ccccc1)NCC1CCOCC1. The largest absolute Gasteiger partial charge is 0.381 e. The Morgan fingerprint density at radius 1 is 1.22 bits per heavy atom. The lowest BCUT2D eigenvalue weighted by Gasteiger charge is -2.25. The van der Waals surface area contributed by atoms with Gasteiger partial charge in [-0.25, -0.2) is 0 Å². The number of nitrogens with one attached hydrogen (secondary N) is 1. The molecule has 1 N–H and O–H groups in total. The van der Waals surface area contributed by atoms with E-state index in [4.69, 9.17) is 16.3 Å². The van der Waals surface area contributed by atoms with Gasteiger partial charge in [0, 0.05) is 25.1 Å². The number of ether oxygens (including phenoxy) is 1. The number of rotatable bonds is 6. The second-order valence-electron chi connectivity index (χ2n) is 5.00. The summed E-state index contributed by atoms with van der Waals surface area (Å²) < 4.78 is 5.37. The molecule has 0 aromatic heterocycles. The molecule has 1 saturated heterocycles. The monoisotopic (exact) mass is 267 g/mol. The van der Waals surface area contributed by atoms with Crippen molar-refractivity contribution in [3.05, 3.63) is 35.9 Å². The van der Waals surface area contributed by atoms with Crippen LogP contribution in [0.4, 0.5) is 0 Å². The number of halogens is 1. The smallest absolute Gasteiger partial charge is 0.0469 e. The highest BCUT2D eigenvalue weighted by Gasteiger charge is 2.15. The zero-order valence-corrected chi connectivity index (χ0v) is 11.5. The highest BCUT2D eigenvalue weighted by Crippen LogP contribution is 2.14. The van der Waals surface area contributed by atoms with E-state index in [0.717, 1.165) is 32.1 Å². The fourth-order valence-corrected chi connectivity index (χ4v) is 2.58. The summed E-state index contributed by atoms with van der Waals surface area (Å²) in [6.07, 6.45) is 3.36. The molecule has 1 aromatic rings. The van der Waals surface area contributed by atoms with E-state index in [1.807, 2.05) is 0 Å². The van der Waals surface area contributed by atoms with Gasteiger partial charge in [0.1, 0.15) is 0 Å². The van der Waals surface area contributed by atoms with Crippen molar-refractivity contribution in [2.24, 2.45) is 5.92 Å². The Labute approximate surface area is 115 Å². The molecule has 3 heteroatoms. The molecule has 1 fully saturated rings. The molecule has 1 aromatic carbocycles. The van der Waals surface area contributed by atoms with Crippen LogP contribution in [0.2, 0.25) is 0 Å². The number of hydrogen-bond donors (Lipinski definition) is 1. The highest BCUT2D eigenvalue weighted by molar-refractivity contribution is 6.18. The number of alkyl halides is 1. The van der Waals surface area contributed by atoms with Crippen LogP contribution in [0, 0.1) is 5.92 Å². The van der Waals surface area contributed by atoms with Crippen molar-refractivity contribution in [2.75, 3.05) is 25.6 Å². The Morgan fingerprint density at radius 3 is 2.61 bits per heavy atom. The van der Waals surface area contributed by atoms with Gasteiger partial charge in [0.2, 0.25) is 0 Å². The molecular weight excluding hydrogens is 246 g/mol. The van der Waals surface area contributed by atoms with Gasteiger partial charge in [0.05, 0.1) is 0 Å². The van der Waals surface area contributed by atoms with E-state index in [9.17, 15) is 0 Å². The molecule has 2 rings (SSSR count). The number of hydrogen-bond acceptors (Lipinski definition) is 2. The quantitative estimate of drug-likeness (QED) is 0.801. The molecule has 18 heavy (non-hydrogen) atoms. The van der Waals surface area contributed by atoms with Crippen molar-refractivity contribution in [2.45, 2.75) is 25.3 Å². The molecule has 0 bridgehead atoms. The number of benzene rings is 1. The fraction of sp³-hybridized carbons (Fsp3) is 0.600. The zero-order valence-electron chi connectivity index (χ0n) is 10.8. The molecule has 0 spiro atoms. The summed E-state index contributed by atoms with van der Waals surface area (Å²) in [4.78, 5) is 0. The van der Waals surface area contributed by atoms with Crippen LogP contribution in [0.5, 0.6) is 0 Å². The van der Waals surface area contributed by atoms with E-state index in [1.165, 1.54) is 18.4 Å². The minimum atomic E-state index is 0.372. The van der Waals surface area contributed by atoms with Crippen molar-refractivity contribution < 1.29 is 4.74 Å². The molecule has 0 aliphatic carbocycles. The van der Waals surface area contributed by atoms with E-state index < -0.39 is 0 Å². The van der Waals surface area contributed by atoms with Gasteiger partial charge in [-0.2, -0.15) is 0 Å². The second-order valence-corrected chi connectivity index (χ2v) is 5.31. The van der Waals surface area contributed by atoms with Crippen LogP contribution >= 0.6 is 11.6 Å². The van der Waals surface area contributed by atoms with Gasteiger partial charge in [-0.1, -0.05) is 30.3 Å². The average Bonchev–Trinajstić information content (AvgIpc) is 2.45. The predicted molar refractivity (Wildman–Crippen MR) is 76.2 cm³/mol. The average molecular weight is 268 g/mol. The Morgan fingerprint density at radius 2 is 1.94 bits per heavy atom. The van der Waals surface area contributed by atoms with E-state index in [1.54, 1.807) is 0 Å². The Bertz CT molecular complexity index is 325. The van der Waals surface area contributed by atoms with Crippen molar-refractivity contribution in [3.63, 3.8) is 0 Å². The molecule has 100 valence electrons. The first-order valence-electron chi connectivity index (χ1n) is 6.79. The Hall–Kier alpha value is -0.570. The molecular formula is C15H22ClNO. The van der Waals surface area contributed by atoms with Gasteiger partial charge in [0.15, 0.2) is 0 Å². The summed E-state index contributed by atoms with van der Waals surface area (Å²) in [6, 6.07) is 10.9. The fourth-order valence-electron chi connectivity index (χ4n) is 2.36. The maximum absolute atomic E-state index is 6.05. The molecule has 0 radical (unpaired) electrons. The van der Waals surface area contributed by atoms with Crippen LogP contribution in [0.25, 0.3) is 0 Å². The third kappa shape index (κ3) is 4.60. The summed E-state index contributed by atoms with van der Waals surface area (Å²) in [7, 11) is 0. The Kier molecular flexibility index (Phi) is 5.98. The van der Waals surface area contributed by atoms with Crippen LogP contribution in [0.1, 0.15) is 18.4 Å². The minimum absolute atomic E-state index is 0.372. The van der Waals surface area contributed by atoms with Gasteiger partial charge in [-0.05, 0) is 37.3 Å². The van der Waals surface area contributed by atoms with Crippen molar-refractivity contribution in [1.82, 2.24) is 5.32 Å². The van der Waals surface area contributed by atoms with Crippen molar-refractivity contribution in [3.8, 4) is 0 Å². The van der Waals surface area contributed by atoms with E-state index >= 15 is 0 Å². The first-order valence-corrected chi connectivity index (χ1v) is 7.33. The van der Waals surface area contributed by atoms with E-state index in [-0.39, 0.29) is 0 Å². The summed E-state index contributed by atoms with van der Waals surface area (Å²) in [6.45, 7) is 2.89. The molecule has 1 aliphatic rings. The van der Waals surface area contributed by atoms with Crippen LogP contribution < -0.4 is 5.32 Å². The van der Waals surface area contributed by atoms with E-state index in [0.29, 0.717) is 11.9 Å². The molecule has 0 saturated carbocycles. The lowest BCUT2D eigenvalue weighted by Crippen LogP contribution is -2.37. The van der Waals surface area contributed by atoms with Gasteiger partial charge >= 0.3 is 0 Å². The molecule has 1 aliphatic heterocycles. The van der Waals surface area contributed by atoms with Crippen LogP contribution in [0.3, 0.4) is 0 Å². The minimum Gasteiger partial charge on any atom is -0.381 e. The van der Waals surface area contributed by atoms with Crippen LogP contribution in [-0.4, -0.2) is 31.7 Å². The molecule has 1 unspecified atom stereocenters. The lowest BCUT2D eigenvalue weighted by atomic mass is 9.99. The predicted octanol–water partition coefficient (Wildman–Crippen LogP) is 2.85. The zero-order chi connectivity index (χ0) is 12.6. The van der Waals surface area contributed by atoms with Crippen LogP contribution in [-0.2, 0) is 11.2 Å². The highest BCUT2D eigenvalue weighted by atomic mass is 35.5. The summed E-state index contributed by atoms with van der Waals surface area (Å²) in [5.41, 5.74) is 1.35. The molecule has 2 nitrogen and oxygen atoms in total. The summed E-state index contributed by atoms with van der Waals surface area (Å²) >= 11 is 6.05. The third-order valence-electron chi connectivity index (χ3n) is 3.55. The van der Waals surface area contributed by atoms with Gasteiger partial charge < -0.3 is 10.1 Å². The lowest BCUT2D eigenvalue weighted by molar-refractivity contribution is 0.0656. The van der Waals surface area contributed by atoms with E-state index in [2.05, 4.69) is 35.6 Å². The van der Waals surface area contributed by atoms with Crippen LogP contribution in [0.15, 0.2) is 30.3 Å². The molecule has 1 atom stereocenters. The first-order chi connectivity index (χ1) is 8.88. The second kappa shape index (κ2) is 7.78. The maximum Gasteiger partial charge on any atom is 0.0469 e. The van der Waals surface area contributed by atoms with Crippen molar-refractivity contribution in [1.29, 1.82) is 0 Å². The standard InChI is InChI=1S/C15H22ClNO/c16-11-15(10-13-4-2-1-3-5-13)17-12-14-6-8-18-9-7-14/h1-5,14-15,17H,6-12H2. The summed E-state index contributed by atoms with van der Waals surface area (Å²) in [5.74, 6) is 1.42. The first kappa shape index (κ1) is 13.9. The van der Waals surface area contributed by atoms with Gasteiger partial charge in [-0.3, -0.25) is 0 Å². The van der Waals surface area contributed by atoms with Gasteiger partial charge in [0.25, 0.3) is 0 Å². The van der Waals surface area contributed by atoms with Crippen molar-refractivity contribution >= 4 is 11.6 Å².